The van der Waals surface area contributed by atoms with Gasteiger partial charge in [-0.2, -0.15) is 5.10 Å². The highest BCUT2D eigenvalue weighted by atomic mass is 127. The van der Waals surface area contributed by atoms with Crippen LogP contribution >= 0.6 is 38.5 Å². The predicted octanol–water partition coefficient (Wildman–Crippen LogP) is 4.08. The third-order valence-corrected chi connectivity index (χ3v) is 4.77. The summed E-state index contributed by atoms with van der Waals surface area (Å²) < 4.78 is 4.49. The zero-order valence-corrected chi connectivity index (χ0v) is 15.7. The Kier molecular flexibility index (Phi) is 5.63. The second kappa shape index (κ2) is 7.04. The summed E-state index contributed by atoms with van der Waals surface area (Å²) in [5.74, 6) is 0. The van der Waals surface area contributed by atoms with Gasteiger partial charge < -0.3 is 5.32 Å². The van der Waals surface area contributed by atoms with Gasteiger partial charge in [0.15, 0.2) is 0 Å². The molecular weight excluding hydrogens is 429 g/mol. The molecule has 1 atom stereocenters. The number of nitrogens with zero attached hydrogens (tertiary/aromatic N) is 2. The van der Waals surface area contributed by atoms with E-state index in [9.17, 15) is 0 Å². The molecule has 0 aliphatic carbocycles. The molecule has 2 rings (SSSR count). The molecule has 0 bridgehead atoms. The van der Waals surface area contributed by atoms with Crippen LogP contribution in [0.15, 0.2) is 28.7 Å². The van der Waals surface area contributed by atoms with E-state index in [0.717, 1.165) is 23.1 Å². The molecule has 1 aromatic carbocycles. The fraction of sp³-hybridized carbons (Fsp3) is 0.400. The normalized spacial score (nSPS) is 12.7. The number of nitrogens with one attached hydrogen (secondary N) is 1. The lowest BCUT2D eigenvalue weighted by Crippen LogP contribution is -2.21. The minimum atomic E-state index is 0.278. The van der Waals surface area contributed by atoms with E-state index >= 15 is 0 Å². The van der Waals surface area contributed by atoms with Crippen molar-refractivity contribution in [2.24, 2.45) is 0 Å². The first-order valence-corrected chi connectivity index (χ1v) is 8.57. The van der Waals surface area contributed by atoms with E-state index in [4.69, 9.17) is 0 Å². The van der Waals surface area contributed by atoms with Crippen molar-refractivity contribution in [2.45, 2.75) is 32.9 Å². The molecule has 0 amide bonds. The number of likely N-dealkylation sites (N-methyl/N-ethyl adjacent to an activating group) is 1. The molecule has 0 aliphatic rings. The van der Waals surface area contributed by atoms with Crippen molar-refractivity contribution in [1.29, 1.82) is 0 Å². The Balaban J connectivity index is 2.30. The lowest BCUT2D eigenvalue weighted by atomic mass is 10.0. The Labute approximate surface area is 142 Å². The maximum atomic E-state index is 4.53. The van der Waals surface area contributed by atoms with E-state index in [0.29, 0.717) is 0 Å². The molecule has 1 unspecified atom stereocenters. The van der Waals surface area contributed by atoms with Gasteiger partial charge in [-0.05, 0) is 73.3 Å². The van der Waals surface area contributed by atoms with E-state index in [1.165, 1.54) is 14.8 Å². The van der Waals surface area contributed by atoms with Crippen LogP contribution in [0.2, 0.25) is 0 Å². The van der Waals surface area contributed by atoms with Crippen molar-refractivity contribution < 1.29 is 0 Å². The zero-order chi connectivity index (χ0) is 14.7. The number of halogens is 2. The lowest BCUT2D eigenvalue weighted by molar-refractivity contribution is 0.539. The first-order valence-electron chi connectivity index (χ1n) is 6.70. The van der Waals surface area contributed by atoms with Gasteiger partial charge in [0.25, 0.3) is 0 Å². The molecule has 20 heavy (non-hydrogen) atoms. The highest BCUT2D eigenvalue weighted by Gasteiger charge is 2.16. The van der Waals surface area contributed by atoms with Crippen LogP contribution in [0.5, 0.6) is 0 Å². The molecule has 0 saturated carbocycles. The molecule has 3 nitrogen and oxygen atoms in total. The Morgan fingerprint density at radius 1 is 1.40 bits per heavy atom. The summed E-state index contributed by atoms with van der Waals surface area (Å²) in [5.41, 5.74) is 3.65. The Morgan fingerprint density at radius 2 is 2.15 bits per heavy atom. The average molecular weight is 448 g/mol. The summed E-state index contributed by atoms with van der Waals surface area (Å²) in [5, 5.41) is 7.95. The van der Waals surface area contributed by atoms with Gasteiger partial charge in [-0.25, -0.2) is 0 Å². The fourth-order valence-electron chi connectivity index (χ4n) is 2.40. The van der Waals surface area contributed by atoms with Crippen LogP contribution in [-0.4, -0.2) is 16.8 Å². The van der Waals surface area contributed by atoms with E-state index in [1.54, 1.807) is 0 Å². The lowest BCUT2D eigenvalue weighted by Gasteiger charge is -2.19. The van der Waals surface area contributed by atoms with Gasteiger partial charge in [0.05, 0.1) is 5.69 Å². The van der Waals surface area contributed by atoms with Crippen LogP contribution in [0.1, 0.15) is 29.9 Å². The van der Waals surface area contributed by atoms with Gasteiger partial charge in [-0.15, -0.1) is 0 Å². The molecule has 0 spiro atoms. The quantitative estimate of drug-likeness (QED) is 0.700. The Bertz CT molecular complexity index is 595. The molecule has 0 radical (unpaired) electrons. The summed E-state index contributed by atoms with van der Waals surface area (Å²) in [6, 6.07) is 8.91. The molecule has 1 aromatic heterocycles. The first kappa shape index (κ1) is 16.0. The Morgan fingerprint density at radius 3 is 2.80 bits per heavy atom. The number of hydrogen-bond donors (Lipinski definition) is 1. The van der Waals surface area contributed by atoms with E-state index in [1.807, 2.05) is 14.0 Å². The van der Waals surface area contributed by atoms with Crippen LogP contribution in [0.25, 0.3) is 0 Å². The highest BCUT2D eigenvalue weighted by molar-refractivity contribution is 14.1. The summed E-state index contributed by atoms with van der Waals surface area (Å²) in [7, 11) is 2.01. The zero-order valence-electron chi connectivity index (χ0n) is 12.0. The minimum Gasteiger partial charge on any atom is -0.313 e. The number of hydrogen-bond acceptors (Lipinski definition) is 2. The van der Waals surface area contributed by atoms with Crippen LogP contribution in [0, 0.1) is 10.5 Å². The standard InChI is InChI=1S/C15H19BrIN3/c1-4-20-12(7-10(2)19-20)9-15(18-3)13-8-11(17)5-6-14(13)16/h5-8,15,18H,4,9H2,1-3H3. The molecule has 5 heteroatoms. The van der Waals surface area contributed by atoms with Gasteiger partial charge in [0.1, 0.15) is 0 Å². The summed E-state index contributed by atoms with van der Waals surface area (Å²) in [6.45, 7) is 5.09. The SMILES string of the molecule is CCn1nc(C)cc1CC(NC)c1cc(I)ccc1Br. The number of rotatable bonds is 5. The molecule has 1 N–H and O–H groups in total. The molecule has 0 fully saturated rings. The van der Waals surface area contributed by atoms with Gasteiger partial charge in [0, 0.05) is 32.7 Å². The van der Waals surface area contributed by atoms with Crippen LogP contribution < -0.4 is 5.32 Å². The van der Waals surface area contributed by atoms with Crippen molar-refractivity contribution in [3.63, 3.8) is 0 Å². The van der Waals surface area contributed by atoms with Crippen LogP contribution in [0.3, 0.4) is 0 Å². The number of benzene rings is 1. The summed E-state index contributed by atoms with van der Waals surface area (Å²) in [4.78, 5) is 0. The van der Waals surface area contributed by atoms with Gasteiger partial charge in [-0.1, -0.05) is 15.9 Å². The predicted molar refractivity (Wildman–Crippen MR) is 95.0 cm³/mol. The number of aromatic nitrogens is 2. The third kappa shape index (κ3) is 3.62. The van der Waals surface area contributed by atoms with E-state index in [2.05, 4.69) is 84.8 Å². The molecule has 0 aliphatic heterocycles. The highest BCUT2D eigenvalue weighted by Crippen LogP contribution is 2.28. The Hall–Kier alpha value is -0.400. The summed E-state index contributed by atoms with van der Waals surface area (Å²) in [6.07, 6.45) is 0.934. The maximum Gasteiger partial charge on any atom is 0.0596 e. The van der Waals surface area contributed by atoms with Crippen molar-refractivity contribution in [3.8, 4) is 0 Å². The molecule has 108 valence electrons. The van der Waals surface area contributed by atoms with Gasteiger partial charge >= 0.3 is 0 Å². The van der Waals surface area contributed by atoms with Crippen molar-refractivity contribution >= 4 is 38.5 Å². The third-order valence-electron chi connectivity index (χ3n) is 3.38. The second-order valence-electron chi connectivity index (χ2n) is 4.80. The topological polar surface area (TPSA) is 29.9 Å². The molecule has 0 saturated heterocycles. The maximum absolute atomic E-state index is 4.53. The van der Waals surface area contributed by atoms with Crippen molar-refractivity contribution in [1.82, 2.24) is 15.1 Å². The van der Waals surface area contributed by atoms with Crippen molar-refractivity contribution in [2.75, 3.05) is 7.05 Å². The monoisotopic (exact) mass is 447 g/mol. The smallest absolute Gasteiger partial charge is 0.0596 e. The minimum absolute atomic E-state index is 0.278. The van der Waals surface area contributed by atoms with Gasteiger partial charge in [-0.3, -0.25) is 4.68 Å². The summed E-state index contributed by atoms with van der Waals surface area (Å²) >= 11 is 6.02. The molecular formula is C15H19BrIN3. The van der Waals surface area contributed by atoms with E-state index < -0.39 is 0 Å². The van der Waals surface area contributed by atoms with Gasteiger partial charge in [0.2, 0.25) is 0 Å². The van der Waals surface area contributed by atoms with E-state index in [-0.39, 0.29) is 6.04 Å². The first-order chi connectivity index (χ1) is 9.55. The van der Waals surface area contributed by atoms with Crippen LogP contribution in [0.4, 0.5) is 0 Å². The molecule has 2 aromatic rings. The fourth-order valence-corrected chi connectivity index (χ4v) is 3.43. The number of aryl methyl sites for hydroxylation is 2. The molecule has 1 heterocycles. The second-order valence-corrected chi connectivity index (χ2v) is 6.90. The van der Waals surface area contributed by atoms with Crippen molar-refractivity contribution in [3.05, 3.63) is 49.3 Å². The average Bonchev–Trinajstić information content (AvgIpc) is 2.79. The largest absolute Gasteiger partial charge is 0.313 e. The van der Waals surface area contributed by atoms with Crippen LogP contribution in [-0.2, 0) is 13.0 Å².